The molecule has 0 saturated carbocycles. The van der Waals surface area contributed by atoms with Gasteiger partial charge in [0.15, 0.2) is 0 Å². The minimum absolute atomic E-state index is 0.148. The Labute approximate surface area is 168 Å². The Morgan fingerprint density at radius 1 is 1.24 bits per heavy atom. The molecule has 0 bridgehead atoms. The highest BCUT2D eigenvalue weighted by atomic mass is 32.2. The highest BCUT2D eigenvalue weighted by Gasteiger charge is 2.44. The lowest BCUT2D eigenvalue weighted by Gasteiger charge is -2.40. The SMILES string of the molecule is CCS(=O)(=O)N1CCC2(CCCN(Cc3ccccn3)C2)C1.O=C(O)C(F)(F)F. The lowest BCUT2D eigenvalue weighted by molar-refractivity contribution is -0.192. The second-order valence-electron chi connectivity index (χ2n) is 7.42. The Hall–Kier alpha value is -1.72. The number of likely N-dealkylation sites (tertiary alicyclic amines) is 1. The van der Waals surface area contributed by atoms with E-state index in [1.165, 1.54) is 0 Å². The molecule has 0 amide bonds. The average molecular weight is 437 g/mol. The highest BCUT2D eigenvalue weighted by Crippen LogP contribution is 2.40. The van der Waals surface area contributed by atoms with Gasteiger partial charge in [0.2, 0.25) is 10.0 Å². The number of piperidine rings is 1. The predicted molar refractivity (Wildman–Crippen MR) is 101 cm³/mol. The Morgan fingerprint density at radius 2 is 1.93 bits per heavy atom. The van der Waals surface area contributed by atoms with Crippen molar-refractivity contribution in [3.05, 3.63) is 30.1 Å². The largest absolute Gasteiger partial charge is 0.490 e. The summed E-state index contributed by atoms with van der Waals surface area (Å²) in [6.45, 7) is 6.05. The summed E-state index contributed by atoms with van der Waals surface area (Å²) >= 11 is 0. The van der Waals surface area contributed by atoms with Crippen molar-refractivity contribution in [3.63, 3.8) is 0 Å². The van der Waals surface area contributed by atoms with E-state index >= 15 is 0 Å². The molecule has 2 aliphatic rings. The maximum atomic E-state index is 12.1. The van der Waals surface area contributed by atoms with E-state index in [0.29, 0.717) is 13.1 Å². The number of rotatable bonds is 4. The van der Waals surface area contributed by atoms with Crippen molar-refractivity contribution in [3.8, 4) is 0 Å². The molecule has 2 aliphatic heterocycles. The molecule has 0 radical (unpaired) electrons. The number of carboxylic acids is 1. The number of alkyl halides is 3. The van der Waals surface area contributed by atoms with Crippen LogP contribution in [-0.2, 0) is 21.4 Å². The van der Waals surface area contributed by atoms with Crippen LogP contribution in [0.1, 0.15) is 31.9 Å². The molecule has 29 heavy (non-hydrogen) atoms. The first-order chi connectivity index (χ1) is 13.5. The molecule has 2 saturated heterocycles. The third-order valence-corrected chi connectivity index (χ3v) is 7.08. The molecule has 1 unspecified atom stereocenters. The van der Waals surface area contributed by atoms with Crippen LogP contribution in [0.4, 0.5) is 13.2 Å². The summed E-state index contributed by atoms with van der Waals surface area (Å²) < 4.78 is 57.6. The number of sulfonamides is 1. The van der Waals surface area contributed by atoms with Gasteiger partial charge in [-0.3, -0.25) is 9.88 Å². The van der Waals surface area contributed by atoms with Crippen LogP contribution in [0.5, 0.6) is 0 Å². The smallest absolute Gasteiger partial charge is 0.475 e. The summed E-state index contributed by atoms with van der Waals surface area (Å²) in [4.78, 5) is 15.7. The number of carbonyl (C=O) groups is 1. The zero-order valence-electron chi connectivity index (χ0n) is 16.2. The van der Waals surface area contributed by atoms with E-state index in [2.05, 4.69) is 16.0 Å². The number of pyridine rings is 1. The second kappa shape index (κ2) is 9.40. The zero-order chi connectivity index (χ0) is 21.7. The third kappa shape index (κ3) is 6.65. The molecule has 11 heteroatoms. The molecule has 7 nitrogen and oxygen atoms in total. The number of hydrogen-bond acceptors (Lipinski definition) is 5. The van der Waals surface area contributed by atoms with E-state index in [-0.39, 0.29) is 11.2 Å². The number of aliphatic carboxylic acids is 1. The van der Waals surface area contributed by atoms with Crippen molar-refractivity contribution in [2.45, 2.75) is 38.9 Å². The number of carboxylic acid groups (broad SMARTS) is 1. The molecular weight excluding hydrogens is 411 g/mol. The Morgan fingerprint density at radius 3 is 2.48 bits per heavy atom. The quantitative estimate of drug-likeness (QED) is 0.778. The van der Waals surface area contributed by atoms with Crippen molar-refractivity contribution in [2.75, 3.05) is 31.9 Å². The lowest BCUT2D eigenvalue weighted by atomic mass is 9.79. The molecule has 0 aliphatic carbocycles. The summed E-state index contributed by atoms with van der Waals surface area (Å²) in [6.07, 6.45) is 0.0272. The topological polar surface area (TPSA) is 90.8 Å². The van der Waals surface area contributed by atoms with Gasteiger partial charge in [-0.1, -0.05) is 6.07 Å². The highest BCUT2D eigenvalue weighted by molar-refractivity contribution is 7.89. The third-order valence-electron chi connectivity index (χ3n) is 5.26. The fourth-order valence-corrected chi connectivity index (χ4v) is 5.02. The normalized spacial score (nSPS) is 23.6. The van der Waals surface area contributed by atoms with E-state index in [0.717, 1.165) is 44.6 Å². The minimum atomic E-state index is -5.08. The molecule has 2 fully saturated rings. The zero-order valence-corrected chi connectivity index (χ0v) is 17.0. The van der Waals surface area contributed by atoms with E-state index in [1.807, 2.05) is 18.3 Å². The Kier molecular flexibility index (Phi) is 7.63. The van der Waals surface area contributed by atoms with Gasteiger partial charge in [-0.05, 0) is 50.3 Å². The predicted octanol–water partition coefficient (Wildman–Crippen LogP) is 2.35. The maximum Gasteiger partial charge on any atom is 0.490 e. The number of halogens is 3. The van der Waals surface area contributed by atoms with Gasteiger partial charge in [-0.25, -0.2) is 17.5 Å². The van der Waals surface area contributed by atoms with Crippen molar-refractivity contribution in [2.24, 2.45) is 5.41 Å². The molecule has 164 valence electrons. The molecular formula is C18H26F3N3O4S. The molecule has 1 atom stereocenters. The molecule has 1 aromatic rings. The van der Waals surface area contributed by atoms with Gasteiger partial charge in [0, 0.05) is 32.4 Å². The van der Waals surface area contributed by atoms with Crippen LogP contribution in [0.15, 0.2) is 24.4 Å². The van der Waals surface area contributed by atoms with E-state index < -0.39 is 22.2 Å². The summed E-state index contributed by atoms with van der Waals surface area (Å²) in [5, 5.41) is 7.12. The standard InChI is InChI=1S/C16H25N3O2S.C2HF3O2/c1-2-22(20,21)19-11-8-16(14-19)7-5-10-18(13-16)12-15-6-3-4-9-17-15;3-2(4,5)1(6)7/h3-4,6,9H,2,5,7-8,10-14H2,1H3;(H,6,7). The van der Waals surface area contributed by atoms with Crippen LogP contribution in [-0.4, -0.2) is 71.8 Å². The first-order valence-electron chi connectivity index (χ1n) is 9.38. The Bertz CT molecular complexity index is 789. The van der Waals surface area contributed by atoms with Crippen molar-refractivity contribution < 1.29 is 31.5 Å². The van der Waals surface area contributed by atoms with E-state index in [4.69, 9.17) is 9.90 Å². The van der Waals surface area contributed by atoms with Crippen molar-refractivity contribution in [1.29, 1.82) is 0 Å². The fourth-order valence-electron chi connectivity index (χ4n) is 3.81. The molecule has 1 aromatic heterocycles. The molecule has 1 spiro atoms. The van der Waals surface area contributed by atoms with Gasteiger partial charge in [-0.2, -0.15) is 13.2 Å². The number of aromatic nitrogens is 1. The van der Waals surface area contributed by atoms with Gasteiger partial charge in [0.25, 0.3) is 0 Å². The molecule has 1 N–H and O–H groups in total. The molecule has 3 rings (SSSR count). The number of hydrogen-bond donors (Lipinski definition) is 1. The van der Waals surface area contributed by atoms with Crippen LogP contribution in [0, 0.1) is 5.41 Å². The molecule has 0 aromatic carbocycles. The van der Waals surface area contributed by atoms with Gasteiger partial charge in [-0.15, -0.1) is 0 Å². The van der Waals surface area contributed by atoms with Gasteiger partial charge in [0.1, 0.15) is 0 Å². The second-order valence-corrected chi connectivity index (χ2v) is 9.68. The summed E-state index contributed by atoms with van der Waals surface area (Å²) in [5.74, 6) is -2.55. The van der Waals surface area contributed by atoms with Gasteiger partial charge in [0.05, 0.1) is 11.4 Å². The van der Waals surface area contributed by atoms with Crippen LogP contribution in [0.2, 0.25) is 0 Å². The average Bonchev–Trinajstić information content (AvgIpc) is 3.06. The summed E-state index contributed by atoms with van der Waals surface area (Å²) in [7, 11) is -3.05. The van der Waals surface area contributed by atoms with E-state index in [9.17, 15) is 21.6 Å². The van der Waals surface area contributed by atoms with Crippen LogP contribution < -0.4 is 0 Å². The maximum absolute atomic E-state index is 12.1. The number of nitrogens with zero attached hydrogens (tertiary/aromatic N) is 3. The molecule has 3 heterocycles. The van der Waals surface area contributed by atoms with E-state index in [1.54, 1.807) is 11.2 Å². The summed E-state index contributed by atoms with van der Waals surface area (Å²) in [5.41, 5.74) is 1.24. The fraction of sp³-hybridized carbons (Fsp3) is 0.667. The van der Waals surface area contributed by atoms with Crippen molar-refractivity contribution in [1.82, 2.24) is 14.2 Å². The summed E-state index contributed by atoms with van der Waals surface area (Å²) in [6, 6.07) is 6.02. The first-order valence-corrected chi connectivity index (χ1v) is 11.0. The van der Waals surface area contributed by atoms with Crippen molar-refractivity contribution >= 4 is 16.0 Å². The van der Waals surface area contributed by atoms with Gasteiger partial charge >= 0.3 is 12.1 Å². The van der Waals surface area contributed by atoms with Crippen LogP contribution in [0.25, 0.3) is 0 Å². The van der Waals surface area contributed by atoms with Crippen LogP contribution >= 0.6 is 0 Å². The Balaban J connectivity index is 0.000000370. The van der Waals surface area contributed by atoms with Gasteiger partial charge < -0.3 is 5.11 Å². The monoisotopic (exact) mass is 437 g/mol. The lowest BCUT2D eigenvalue weighted by Crippen LogP contribution is -2.45. The first kappa shape index (κ1) is 23.6. The van der Waals surface area contributed by atoms with Crippen LogP contribution in [0.3, 0.4) is 0 Å². The minimum Gasteiger partial charge on any atom is -0.475 e.